The molecule has 0 aromatic heterocycles. The molecule has 0 amide bonds. The largest absolute Gasteiger partial charge is 0.497 e. The number of non-ortho nitro benzene ring substituents is 1. The zero-order chi connectivity index (χ0) is 15.0. The Morgan fingerprint density at radius 1 is 1.14 bits per heavy atom. The van der Waals surface area contributed by atoms with Gasteiger partial charge in [0, 0.05) is 18.1 Å². The van der Waals surface area contributed by atoms with Crippen LogP contribution in [0, 0.1) is 10.1 Å². The zero-order valence-electron chi connectivity index (χ0n) is 11.9. The maximum absolute atomic E-state index is 11.0. The van der Waals surface area contributed by atoms with Gasteiger partial charge in [-0.1, -0.05) is 23.8 Å². The molecular weight excluding hydrogens is 266 g/mol. The van der Waals surface area contributed by atoms with Crippen LogP contribution in [0.25, 0.3) is 6.08 Å². The molecule has 0 fully saturated rings. The fourth-order valence-corrected chi connectivity index (χ4v) is 2.87. The fourth-order valence-electron chi connectivity index (χ4n) is 2.87. The Hall–Kier alpha value is -2.62. The summed E-state index contributed by atoms with van der Waals surface area (Å²) in [6.07, 6.45) is 2.09. The Bertz CT molecular complexity index is 732. The minimum absolute atomic E-state index is 0.0748. The van der Waals surface area contributed by atoms with E-state index in [0.29, 0.717) is 0 Å². The predicted molar refractivity (Wildman–Crippen MR) is 81.6 cm³/mol. The minimum atomic E-state index is -0.348. The zero-order valence-corrected chi connectivity index (χ0v) is 11.9. The van der Waals surface area contributed by atoms with Gasteiger partial charge in [0.05, 0.1) is 12.0 Å². The van der Waals surface area contributed by atoms with Crippen LogP contribution in [0.2, 0.25) is 0 Å². The number of nitro benzene ring substituents is 1. The minimum Gasteiger partial charge on any atom is -0.497 e. The van der Waals surface area contributed by atoms with Crippen molar-refractivity contribution in [2.75, 3.05) is 7.11 Å². The second-order valence-electron chi connectivity index (χ2n) is 5.16. The monoisotopic (exact) mass is 281 g/mol. The van der Waals surface area contributed by atoms with Gasteiger partial charge in [-0.2, -0.15) is 0 Å². The number of nitro groups is 1. The Kier molecular flexibility index (Phi) is 3.22. The van der Waals surface area contributed by atoms with Crippen LogP contribution in [0.1, 0.15) is 29.5 Å². The van der Waals surface area contributed by atoms with E-state index in [1.54, 1.807) is 19.2 Å². The van der Waals surface area contributed by atoms with Gasteiger partial charge in [0.1, 0.15) is 5.75 Å². The number of rotatable bonds is 3. The average Bonchev–Trinajstić information content (AvgIpc) is 2.82. The van der Waals surface area contributed by atoms with Crippen LogP contribution < -0.4 is 4.74 Å². The molecule has 1 unspecified atom stereocenters. The summed E-state index contributed by atoms with van der Waals surface area (Å²) in [5.74, 6) is 0.878. The molecular formula is C17H15NO3. The molecule has 4 nitrogen and oxygen atoms in total. The van der Waals surface area contributed by atoms with E-state index in [0.717, 1.165) is 22.4 Å². The number of hydrogen-bond donors (Lipinski definition) is 0. The van der Waals surface area contributed by atoms with Gasteiger partial charge < -0.3 is 4.74 Å². The predicted octanol–water partition coefficient (Wildman–Crippen LogP) is 4.15. The molecule has 106 valence electrons. The van der Waals surface area contributed by atoms with Crippen molar-refractivity contribution in [3.63, 3.8) is 0 Å². The lowest BCUT2D eigenvalue weighted by Crippen LogP contribution is -2.00. The Labute approximate surface area is 122 Å². The number of hydrogen-bond acceptors (Lipinski definition) is 3. The second kappa shape index (κ2) is 5.05. The smallest absolute Gasteiger partial charge is 0.269 e. The quantitative estimate of drug-likeness (QED) is 0.627. The summed E-state index contributed by atoms with van der Waals surface area (Å²) >= 11 is 0. The molecule has 0 N–H and O–H groups in total. The van der Waals surface area contributed by atoms with Gasteiger partial charge in [0.2, 0.25) is 0 Å². The summed E-state index contributed by atoms with van der Waals surface area (Å²) in [5, 5.41) is 11.0. The SMILES string of the molecule is COc1ccc(C2C(C)=Cc3ccc([N+](=O)[O-])cc32)cc1. The van der Waals surface area contributed by atoms with Crippen molar-refractivity contribution >= 4 is 11.8 Å². The summed E-state index contributed by atoms with van der Waals surface area (Å²) in [4.78, 5) is 10.6. The molecule has 2 aromatic rings. The van der Waals surface area contributed by atoms with Gasteiger partial charge in [-0.25, -0.2) is 0 Å². The molecule has 21 heavy (non-hydrogen) atoms. The molecule has 3 rings (SSSR count). The van der Waals surface area contributed by atoms with E-state index in [4.69, 9.17) is 4.74 Å². The Morgan fingerprint density at radius 3 is 2.48 bits per heavy atom. The third-order valence-electron chi connectivity index (χ3n) is 3.88. The van der Waals surface area contributed by atoms with Crippen LogP contribution in [-0.2, 0) is 0 Å². The first-order valence-electron chi connectivity index (χ1n) is 6.70. The number of ether oxygens (including phenoxy) is 1. The molecule has 1 aliphatic rings. The van der Waals surface area contributed by atoms with Crippen molar-refractivity contribution in [3.8, 4) is 5.75 Å². The highest BCUT2D eigenvalue weighted by atomic mass is 16.6. The topological polar surface area (TPSA) is 52.4 Å². The highest BCUT2D eigenvalue weighted by molar-refractivity contribution is 5.70. The van der Waals surface area contributed by atoms with Crippen LogP contribution in [-0.4, -0.2) is 12.0 Å². The maximum Gasteiger partial charge on any atom is 0.269 e. The second-order valence-corrected chi connectivity index (χ2v) is 5.16. The molecule has 0 saturated carbocycles. The third kappa shape index (κ3) is 2.29. The lowest BCUT2D eigenvalue weighted by Gasteiger charge is -2.15. The normalized spacial score (nSPS) is 16.3. The van der Waals surface area contributed by atoms with Crippen molar-refractivity contribution in [1.29, 1.82) is 0 Å². The van der Waals surface area contributed by atoms with Crippen LogP contribution in [0.5, 0.6) is 5.75 Å². The molecule has 0 heterocycles. The van der Waals surface area contributed by atoms with Gasteiger partial charge >= 0.3 is 0 Å². The molecule has 0 aliphatic heterocycles. The third-order valence-corrected chi connectivity index (χ3v) is 3.88. The van der Waals surface area contributed by atoms with Gasteiger partial charge in [-0.05, 0) is 41.8 Å². The van der Waals surface area contributed by atoms with Gasteiger partial charge in [0.25, 0.3) is 5.69 Å². The highest BCUT2D eigenvalue weighted by Crippen LogP contribution is 2.42. The van der Waals surface area contributed by atoms with Crippen molar-refractivity contribution in [2.45, 2.75) is 12.8 Å². The maximum atomic E-state index is 11.0. The van der Waals surface area contributed by atoms with Crippen molar-refractivity contribution in [3.05, 3.63) is 74.8 Å². The molecule has 0 bridgehead atoms. The summed E-state index contributed by atoms with van der Waals surface area (Å²) in [5.41, 5.74) is 4.49. The number of nitrogens with zero attached hydrogens (tertiary/aromatic N) is 1. The van der Waals surface area contributed by atoms with E-state index in [9.17, 15) is 10.1 Å². The molecule has 0 spiro atoms. The van der Waals surface area contributed by atoms with Crippen molar-refractivity contribution < 1.29 is 9.66 Å². The van der Waals surface area contributed by atoms with E-state index >= 15 is 0 Å². The Morgan fingerprint density at radius 2 is 1.86 bits per heavy atom. The number of fused-ring (bicyclic) bond motifs is 1. The summed E-state index contributed by atoms with van der Waals surface area (Å²) in [7, 11) is 1.63. The van der Waals surface area contributed by atoms with E-state index in [1.807, 2.05) is 30.3 Å². The molecule has 1 aliphatic carbocycles. The molecule has 1 atom stereocenters. The van der Waals surface area contributed by atoms with Crippen molar-refractivity contribution in [2.24, 2.45) is 0 Å². The van der Waals surface area contributed by atoms with Crippen LogP contribution >= 0.6 is 0 Å². The summed E-state index contributed by atoms with van der Waals surface area (Å²) in [6.45, 7) is 2.06. The number of allylic oxidation sites excluding steroid dienone is 1. The molecule has 0 saturated heterocycles. The molecule has 2 aromatic carbocycles. The first kappa shape index (κ1) is 13.4. The van der Waals surface area contributed by atoms with Crippen molar-refractivity contribution in [1.82, 2.24) is 0 Å². The first-order chi connectivity index (χ1) is 10.1. The lowest BCUT2D eigenvalue weighted by atomic mass is 9.89. The van der Waals surface area contributed by atoms with E-state index < -0.39 is 0 Å². The average molecular weight is 281 g/mol. The van der Waals surface area contributed by atoms with Crippen LogP contribution in [0.15, 0.2) is 48.0 Å². The Balaban J connectivity index is 2.06. The van der Waals surface area contributed by atoms with Crippen LogP contribution in [0.4, 0.5) is 5.69 Å². The first-order valence-corrected chi connectivity index (χ1v) is 6.70. The standard InChI is InChI=1S/C17H15NO3/c1-11-9-13-3-6-14(18(19)20)10-16(13)17(11)12-4-7-15(21-2)8-5-12/h3-10,17H,1-2H3. The summed E-state index contributed by atoms with van der Waals surface area (Å²) in [6, 6.07) is 12.9. The number of methoxy groups -OCH3 is 1. The highest BCUT2D eigenvalue weighted by Gasteiger charge is 2.26. The fraction of sp³-hybridized carbons (Fsp3) is 0.176. The lowest BCUT2D eigenvalue weighted by molar-refractivity contribution is -0.384. The molecule has 0 radical (unpaired) electrons. The summed E-state index contributed by atoms with van der Waals surface area (Å²) < 4.78 is 5.17. The van der Waals surface area contributed by atoms with Gasteiger partial charge in [-0.15, -0.1) is 0 Å². The number of benzene rings is 2. The molecule has 4 heteroatoms. The van der Waals surface area contributed by atoms with Gasteiger partial charge in [0.15, 0.2) is 0 Å². The van der Waals surface area contributed by atoms with E-state index in [2.05, 4.69) is 13.0 Å². The van der Waals surface area contributed by atoms with E-state index in [1.165, 1.54) is 5.57 Å². The van der Waals surface area contributed by atoms with Gasteiger partial charge in [-0.3, -0.25) is 10.1 Å². The van der Waals surface area contributed by atoms with Crippen LogP contribution in [0.3, 0.4) is 0 Å². The van der Waals surface area contributed by atoms with E-state index in [-0.39, 0.29) is 16.5 Å².